The minimum atomic E-state index is 0.0455. The molecule has 18 heavy (non-hydrogen) atoms. The van der Waals surface area contributed by atoms with Crippen LogP contribution in [0.3, 0.4) is 0 Å². The van der Waals surface area contributed by atoms with Crippen molar-refractivity contribution in [3.8, 4) is 0 Å². The number of hydrogen-bond donors (Lipinski definition) is 1. The van der Waals surface area contributed by atoms with Crippen LogP contribution in [0.25, 0.3) is 0 Å². The van der Waals surface area contributed by atoms with Crippen LogP contribution < -0.4 is 4.90 Å². The summed E-state index contributed by atoms with van der Waals surface area (Å²) >= 11 is 0. The van der Waals surface area contributed by atoms with Crippen LogP contribution in [0.5, 0.6) is 0 Å². The van der Waals surface area contributed by atoms with E-state index in [0.29, 0.717) is 0 Å². The number of aliphatic hydroxyl groups is 1. The van der Waals surface area contributed by atoms with E-state index in [4.69, 9.17) is 5.11 Å². The predicted molar refractivity (Wildman–Crippen MR) is 71.9 cm³/mol. The second-order valence-corrected chi connectivity index (χ2v) is 4.57. The first kappa shape index (κ1) is 11.2. The highest BCUT2D eigenvalue weighted by molar-refractivity contribution is 5.65. The number of aromatic nitrogens is 1. The monoisotopic (exact) mass is 240 g/mol. The summed E-state index contributed by atoms with van der Waals surface area (Å²) < 4.78 is 0. The molecule has 0 spiro atoms. The predicted octanol–water partition coefficient (Wildman–Crippen LogP) is 2.66. The molecular formula is C15H16N2O. The maximum absolute atomic E-state index is 9.04. The van der Waals surface area contributed by atoms with E-state index in [-0.39, 0.29) is 6.61 Å². The van der Waals surface area contributed by atoms with Gasteiger partial charge < -0.3 is 10.0 Å². The number of fused-ring (bicyclic) bond motifs is 1. The topological polar surface area (TPSA) is 36.4 Å². The van der Waals surface area contributed by atoms with Gasteiger partial charge >= 0.3 is 0 Å². The Hall–Kier alpha value is -1.87. The van der Waals surface area contributed by atoms with Gasteiger partial charge in [0.15, 0.2) is 0 Å². The Morgan fingerprint density at radius 3 is 2.83 bits per heavy atom. The van der Waals surface area contributed by atoms with E-state index in [9.17, 15) is 0 Å². The van der Waals surface area contributed by atoms with E-state index in [1.54, 1.807) is 6.20 Å². The van der Waals surface area contributed by atoms with E-state index >= 15 is 0 Å². The number of para-hydroxylation sites is 1. The summed E-state index contributed by atoms with van der Waals surface area (Å²) in [6.45, 7) is 1.05. The lowest BCUT2D eigenvalue weighted by Crippen LogP contribution is -2.25. The van der Waals surface area contributed by atoms with E-state index < -0.39 is 0 Å². The summed E-state index contributed by atoms with van der Waals surface area (Å²) in [5, 5.41) is 9.04. The number of anilines is 2. The smallest absolute Gasteiger partial charge is 0.132 e. The van der Waals surface area contributed by atoms with Gasteiger partial charge in [0, 0.05) is 18.4 Å². The molecule has 0 saturated heterocycles. The van der Waals surface area contributed by atoms with Gasteiger partial charge in [0.05, 0.1) is 6.61 Å². The zero-order valence-electron chi connectivity index (χ0n) is 10.2. The van der Waals surface area contributed by atoms with Crippen LogP contribution in [0.15, 0.2) is 42.6 Å². The lowest BCUT2D eigenvalue weighted by atomic mass is 10.0. The molecule has 1 aromatic heterocycles. The number of aliphatic hydroxyl groups excluding tert-OH is 1. The number of pyridine rings is 1. The molecule has 3 heteroatoms. The molecule has 0 bridgehead atoms. The van der Waals surface area contributed by atoms with E-state index in [1.807, 2.05) is 12.1 Å². The van der Waals surface area contributed by atoms with Crippen molar-refractivity contribution in [2.24, 2.45) is 0 Å². The minimum Gasteiger partial charge on any atom is -0.392 e. The Morgan fingerprint density at radius 2 is 2.06 bits per heavy atom. The SMILES string of the molecule is OCc1ccc(N2CCCc3ccccc32)nc1. The molecule has 92 valence electrons. The number of benzene rings is 1. The lowest BCUT2D eigenvalue weighted by Gasteiger charge is -2.30. The second kappa shape index (κ2) is 4.78. The molecule has 0 radical (unpaired) electrons. The molecule has 2 heterocycles. The van der Waals surface area contributed by atoms with Gasteiger partial charge in [0.25, 0.3) is 0 Å². The Morgan fingerprint density at radius 1 is 1.17 bits per heavy atom. The molecule has 3 rings (SSSR count). The Balaban J connectivity index is 1.97. The highest BCUT2D eigenvalue weighted by atomic mass is 16.3. The summed E-state index contributed by atoms with van der Waals surface area (Å²) in [7, 11) is 0. The molecule has 1 aromatic carbocycles. The van der Waals surface area contributed by atoms with Crippen molar-refractivity contribution in [1.82, 2.24) is 4.98 Å². The molecular weight excluding hydrogens is 224 g/mol. The molecule has 0 saturated carbocycles. The van der Waals surface area contributed by atoms with Crippen molar-refractivity contribution in [1.29, 1.82) is 0 Å². The van der Waals surface area contributed by atoms with Gasteiger partial charge in [-0.2, -0.15) is 0 Å². The molecule has 0 amide bonds. The number of rotatable bonds is 2. The van der Waals surface area contributed by atoms with Crippen LogP contribution in [0.2, 0.25) is 0 Å². The highest BCUT2D eigenvalue weighted by Gasteiger charge is 2.18. The molecule has 1 aliphatic heterocycles. The molecule has 2 aromatic rings. The fraction of sp³-hybridized carbons (Fsp3) is 0.267. The third-order valence-electron chi connectivity index (χ3n) is 3.38. The fourth-order valence-corrected chi connectivity index (χ4v) is 2.44. The maximum Gasteiger partial charge on any atom is 0.132 e. The van der Waals surface area contributed by atoms with Crippen LogP contribution in [0.1, 0.15) is 17.5 Å². The Kier molecular flexibility index (Phi) is 2.99. The van der Waals surface area contributed by atoms with Crippen LogP contribution in [0, 0.1) is 0 Å². The van der Waals surface area contributed by atoms with Crippen LogP contribution in [0.4, 0.5) is 11.5 Å². The van der Waals surface area contributed by atoms with Gasteiger partial charge in [0.2, 0.25) is 0 Å². The molecule has 1 N–H and O–H groups in total. The van der Waals surface area contributed by atoms with Gasteiger partial charge in [-0.3, -0.25) is 0 Å². The molecule has 0 unspecified atom stereocenters. The second-order valence-electron chi connectivity index (χ2n) is 4.57. The van der Waals surface area contributed by atoms with Crippen molar-refractivity contribution >= 4 is 11.5 Å². The highest BCUT2D eigenvalue weighted by Crippen LogP contribution is 2.31. The minimum absolute atomic E-state index is 0.0455. The van der Waals surface area contributed by atoms with Crippen molar-refractivity contribution in [2.45, 2.75) is 19.4 Å². The summed E-state index contributed by atoms with van der Waals surface area (Å²) in [4.78, 5) is 6.69. The Bertz CT molecular complexity index is 536. The van der Waals surface area contributed by atoms with Crippen LogP contribution in [-0.2, 0) is 13.0 Å². The summed E-state index contributed by atoms with van der Waals surface area (Å²) in [5.74, 6) is 0.958. The van der Waals surface area contributed by atoms with Crippen LogP contribution in [-0.4, -0.2) is 16.6 Å². The summed E-state index contributed by atoms with van der Waals surface area (Å²) in [5.41, 5.74) is 3.49. The average Bonchev–Trinajstić information content (AvgIpc) is 2.47. The first-order valence-corrected chi connectivity index (χ1v) is 6.30. The zero-order chi connectivity index (χ0) is 12.4. The number of hydrogen-bond acceptors (Lipinski definition) is 3. The normalized spacial score (nSPS) is 14.4. The largest absolute Gasteiger partial charge is 0.392 e. The first-order valence-electron chi connectivity index (χ1n) is 6.30. The van der Waals surface area contributed by atoms with E-state index in [2.05, 4.69) is 34.1 Å². The number of aryl methyl sites for hydroxylation is 1. The summed E-state index contributed by atoms with van der Waals surface area (Å²) in [6.07, 6.45) is 4.04. The van der Waals surface area contributed by atoms with Gasteiger partial charge in [-0.05, 0) is 36.1 Å². The first-order chi connectivity index (χ1) is 8.88. The average molecular weight is 240 g/mol. The van der Waals surface area contributed by atoms with Gasteiger partial charge in [-0.15, -0.1) is 0 Å². The quantitative estimate of drug-likeness (QED) is 0.876. The molecule has 0 fully saturated rings. The van der Waals surface area contributed by atoms with Gasteiger partial charge in [0.1, 0.15) is 5.82 Å². The molecule has 1 aliphatic rings. The van der Waals surface area contributed by atoms with Gasteiger partial charge in [-0.25, -0.2) is 4.98 Å². The summed E-state index contributed by atoms with van der Waals surface area (Å²) in [6, 6.07) is 12.4. The standard InChI is InChI=1S/C15H16N2O/c18-11-12-7-8-15(16-10-12)17-9-3-5-13-4-1-2-6-14(13)17/h1-2,4,6-8,10,18H,3,5,9,11H2. The number of nitrogens with zero attached hydrogens (tertiary/aromatic N) is 2. The van der Waals surface area contributed by atoms with E-state index in [0.717, 1.165) is 30.8 Å². The van der Waals surface area contributed by atoms with Crippen molar-refractivity contribution in [3.05, 3.63) is 53.7 Å². The molecule has 3 nitrogen and oxygen atoms in total. The van der Waals surface area contributed by atoms with Crippen molar-refractivity contribution in [2.75, 3.05) is 11.4 Å². The van der Waals surface area contributed by atoms with E-state index in [1.165, 1.54) is 11.3 Å². The van der Waals surface area contributed by atoms with Crippen molar-refractivity contribution in [3.63, 3.8) is 0 Å². The molecule has 0 aliphatic carbocycles. The molecule has 0 atom stereocenters. The third kappa shape index (κ3) is 1.97. The zero-order valence-corrected chi connectivity index (χ0v) is 10.2. The fourth-order valence-electron chi connectivity index (χ4n) is 2.44. The third-order valence-corrected chi connectivity index (χ3v) is 3.38. The van der Waals surface area contributed by atoms with Crippen molar-refractivity contribution < 1.29 is 5.11 Å². The van der Waals surface area contributed by atoms with Gasteiger partial charge in [-0.1, -0.05) is 24.3 Å². The van der Waals surface area contributed by atoms with Crippen LogP contribution >= 0.6 is 0 Å². The lowest BCUT2D eigenvalue weighted by molar-refractivity contribution is 0.281. The Labute approximate surface area is 107 Å². The maximum atomic E-state index is 9.04.